The third kappa shape index (κ3) is 4.81. The molecule has 0 saturated carbocycles. The van der Waals surface area contributed by atoms with E-state index in [0.717, 1.165) is 24.8 Å². The number of pyridine rings is 1. The van der Waals surface area contributed by atoms with Gasteiger partial charge >= 0.3 is 0 Å². The van der Waals surface area contributed by atoms with Gasteiger partial charge in [-0.05, 0) is 48.3 Å². The van der Waals surface area contributed by atoms with E-state index in [0.29, 0.717) is 33.2 Å². The van der Waals surface area contributed by atoms with Crippen molar-refractivity contribution in [2.24, 2.45) is 11.3 Å². The van der Waals surface area contributed by atoms with Crippen LogP contribution in [0.5, 0.6) is 0 Å². The predicted octanol–water partition coefficient (Wildman–Crippen LogP) is 4.68. The molecule has 0 spiro atoms. The summed E-state index contributed by atoms with van der Waals surface area (Å²) in [5.41, 5.74) is 2.67. The van der Waals surface area contributed by atoms with Crippen LogP contribution in [0, 0.1) is 22.7 Å². The molecule has 0 radical (unpaired) electrons. The lowest BCUT2D eigenvalue weighted by Gasteiger charge is -2.33. The van der Waals surface area contributed by atoms with E-state index in [9.17, 15) is 10.1 Å². The number of H-pyrrole nitrogens is 1. The summed E-state index contributed by atoms with van der Waals surface area (Å²) in [6, 6.07) is 7.86. The number of thioether (sulfide) groups is 1. The average Bonchev–Trinajstić information content (AvgIpc) is 3.36. The first-order valence-corrected chi connectivity index (χ1v) is 12.0. The number of amides is 1. The van der Waals surface area contributed by atoms with Crippen LogP contribution in [0.1, 0.15) is 43.2 Å². The molecule has 1 aliphatic rings. The number of aromatic amines is 1. The highest BCUT2D eigenvalue weighted by Gasteiger charge is 2.32. The molecule has 0 bridgehead atoms. The van der Waals surface area contributed by atoms with Crippen LogP contribution >= 0.6 is 23.1 Å². The van der Waals surface area contributed by atoms with Crippen molar-refractivity contribution in [3.8, 4) is 17.6 Å². The largest absolute Gasteiger partial charge is 0.316 e. The maximum Gasteiger partial charge on any atom is 0.235 e. The van der Waals surface area contributed by atoms with Crippen molar-refractivity contribution in [2.75, 3.05) is 11.1 Å². The van der Waals surface area contributed by atoms with Crippen LogP contribution in [0.2, 0.25) is 0 Å². The highest BCUT2D eigenvalue weighted by molar-refractivity contribution is 7.99. The predicted molar refractivity (Wildman–Crippen MR) is 123 cm³/mol. The van der Waals surface area contributed by atoms with Crippen LogP contribution in [0.15, 0.2) is 29.6 Å². The first-order chi connectivity index (χ1) is 14.8. The third-order valence-corrected chi connectivity index (χ3v) is 7.58. The van der Waals surface area contributed by atoms with Gasteiger partial charge in [0.05, 0.1) is 11.3 Å². The number of anilines is 1. The van der Waals surface area contributed by atoms with Gasteiger partial charge < -0.3 is 5.32 Å². The number of nitriles is 1. The molecule has 3 heterocycles. The smallest absolute Gasteiger partial charge is 0.235 e. The number of hydrogen-bond donors (Lipinski definition) is 2. The van der Waals surface area contributed by atoms with Crippen molar-refractivity contribution >= 4 is 34.0 Å². The van der Waals surface area contributed by atoms with Crippen LogP contribution in [-0.4, -0.2) is 31.8 Å². The topological polar surface area (TPSA) is 107 Å². The second-order valence-corrected chi connectivity index (χ2v) is 10.7. The van der Waals surface area contributed by atoms with Gasteiger partial charge in [-0.15, -0.1) is 16.4 Å². The van der Waals surface area contributed by atoms with Crippen LogP contribution < -0.4 is 5.32 Å². The summed E-state index contributed by atoms with van der Waals surface area (Å²) in [6.45, 7) is 6.80. The molecule has 9 heteroatoms. The minimum atomic E-state index is -0.170. The van der Waals surface area contributed by atoms with Crippen LogP contribution in [-0.2, 0) is 17.6 Å². The number of hydrogen-bond acceptors (Lipinski definition) is 7. The van der Waals surface area contributed by atoms with Crippen molar-refractivity contribution in [1.82, 2.24) is 20.2 Å². The molecule has 0 aromatic carbocycles. The average molecular weight is 453 g/mol. The van der Waals surface area contributed by atoms with Crippen LogP contribution in [0.4, 0.5) is 5.00 Å². The summed E-state index contributed by atoms with van der Waals surface area (Å²) >= 11 is 2.79. The fraction of sp³-hybridized carbons (Fsp3) is 0.409. The molecule has 0 fully saturated rings. The van der Waals surface area contributed by atoms with Gasteiger partial charge in [-0.1, -0.05) is 38.6 Å². The molecule has 7 nitrogen and oxygen atoms in total. The van der Waals surface area contributed by atoms with E-state index in [2.05, 4.69) is 52.3 Å². The lowest BCUT2D eigenvalue weighted by Crippen LogP contribution is -2.26. The number of carbonyl (C=O) groups excluding carboxylic acids is 1. The normalized spacial score (nSPS) is 15.9. The summed E-state index contributed by atoms with van der Waals surface area (Å²) in [4.78, 5) is 22.4. The van der Waals surface area contributed by atoms with Gasteiger partial charge in [-0.25, -0.2) is 0 Å². The summed E-state index contributed by atoms with van der Waals surface area (Å²) in [6.07, 6.45) is 4.63. The maximum absolute atomic E-state index is 12.6. The minimum Gasteiger partial charge on any atom is -0.316 e. The van der Waals surface area contributed by atoms with Gasteiger partial charge in [0.25, 0.3) is 0 Å². The second kappa shape index (κ2) is 8.81. The Kier molecular flexibility index (Phi) is 6.12. The molecule has 0 unspecified atom stereocenters. The molecule has 0 saturated heterocycles. The standard InChI is InChI=1S/C22H24N6OS2/c1-22(2,3)13-7-8-14-15(11-23)20(31-17(14)10-13)25-18(29)12-30-21-26-19(27-28-21)16-6-4-5-9-24-16/h4-6,9,13H,7-8,10,12H2,1-3H3,(H,25,29)(H,26,27,28)/t13-/m1/s1. The van der Waals surface area contributed by atoms with E-state index in [1.54, 1.807) is 17.5 Å². The number of aromatic nitrogens is 4. The molecular weight excluding hydrogens is 428 g/mol. The highest BCUT2D eigenvalue weighted by atomic mass is 32.2. The zero-order chi connectivity index (χ0) is 22.0. The maximum atomic E-state index is 12.6. The fourth-order valence-corrected chi connectivity index (χ4v) is 5.65. The number of thiophene rings is 1. The Labute approximate surface area is 189 Å². The van der Waals surface area contributed by atoms with Gasteiger partial charge in [-0.3, -0.25) is 14.9 Å². The third-order valence-electron chi connectivity index (χ3n) is 5.56. The summed E-state index contributed by atoms with van der Waals surface area (Å²) in [5, 5.41) is 20.8. The van der Waals surface area contributed by atoms with Crippen molar-refractivity contribution in [1.29, 1.82) is 5.26 Å². The van der Waals surface area contributed by atoms with Crippen LogP contribution in [0.25, 0.3) is 11.5 Å². The molecule has 3 aromatic heterocycles. The lowest BCUT2D eigenvalue weighted by atomic mass is 9.72. The van der Waals surface area contributed by atoms with E-state index >= 15 is 0 Å². The van der Waals surface area contributed by atoms with Crippen molar-refractivity contribution in [3.63, 3.8) is 0 Å². The second-order valence-electron chi connectivity index (χ2n) is 8.64. The quantitative estimate of drug-likeness (QED) is 0.544. The van der Waals surface area contributed by atoms with Gasteiger partial charge in [0.1, 0.15) is 16.8 Å². The van der Waals surface area contributed by atoms with Gasteiger partial charge in [0.2, 0.25) is 11.1 Å². The monoisotopic (exact) mass is 452 g/mol. The molecule has 1 amide bonds. The first-order valence-electron chi connectivity index (χ1n) is 10.2. The SMILES string of the molecule is CC(C)(C)[C@@H]1CCc2c(sc(NC(=O)CSc3n[nH]c(-c4ccccn4)n3)c2C#N)C1. The van der Waals surface area contributed by atoms with Crippen LogP contribution in [0.3, 0.4) is 0 Å². The Morgan fingerprint density at radius 3 is 2.97 bits per heavy atom. The lowest BCUT2D eigenvalue weighted by molar-refractivity contribution is -0.113. The number of nitrogens with one attached hydrogen (secondary N) is 2. The Bertz CT molecular complexity index is 1120. The van der Waals surface area contributed by atoms with Gasteiger partial charge in [0.15, 0.2) is 5.82 Å². The zero-order valence-electron chi connectivity index (χ0n) is 17.7. The summed E-state index contributed by atoms with van der Waals surface area (Å²) < 4.78 is 0. The molecule has 1 aliphatic carbocycles. The number of rotatable bonds is 5. The molecule has 31 heavy (non-hydrogen) atoms. The molecule has 2 N–H and O–H groups in total. The molecule has 3 aromatic rings. The van der Waals surface area contributed by atoms with Crippen molar-refractivity contribution in [2.45, 2.75) is 45.2 Å². The number of carbonyl (C=O) groups is 1. The zero-order valence-corrected chi connectivity index (χ0v) is 19.4. The summed E-state index contributed by atoms with van der Waals surface area (Å²) in [5.74, 6) is 1.15. The van der Waals surface area contributed by atoms with E-state index in [-0.39, 0.29) is 17.1 Å². The van der Waals surface area contributed by atoms with E-state index in [1.165, 1.54) is 16.6 Å². The number of fused-ring (bicyclic) bond motifs is 1. The van der Waals surface area contributed by atoms with Crippen molar-refractivity contribution in [3.05, 3.63) is 40.4 Å². The first kappa shape index (κ1) is 21.5. The molecule has 160 valence electrons. The summed E-state index contributed by atoms with van der Waals surface area (Å²) in [7, 11) is 0. The van der Waals surface area contributed by atoms with E-state index < -0.39 is 0 Å². The van der Waals surface area contributed by atoms with Crippen molar-refractivity contribution < 1.29 is 4.79 Å². The number of nitrogens with zero attached hydrogens (tertiary/aromatic N) is 4. The highest BCUT2D eigenvalue weighted by Crippen LogP contribution is 2.44. The fourth-order valence-electron chi connectivity index (χ4n) is 3.75. The Morgan fingerprint density at radius 1 is 1.42 bits per heavy atom. The Morgan fingerprint density at radius 2 is 2.26 bits per heavy atom. The molecular formula is C22H24N6OS2. The van der Waals surface area contributed by atoms with Gasteiger partial charge in [-0.2, -0.15) is 10.2 Å². The Balaban J connectivity index is 1.40. The minimum absolute atomic E-state index is 0.164. The molecule has 0 aliphatic heterocycles. The van der Waals surface area contributed by atoms with E-state index in [4.69, 9.17) is 0 Å². The molecule has 1 atom stereocenters. The molecule has 4 rings (SSSR count). The van der Waals surface area contributed by atoms with Gasteiger partial charge in [0, 0.05) is 11.1 Å². The van der Waals surface area contributed by atoms with E-state index in [1.807, 2.05) is 18.2 Å². The Hall–Kier alpha value is -2.70.